The molecule has 1 fully saturated rings. The van der Waals surface area contributed by atoms with Crippen LogP contribution in [0.2, 0.25) is 0 Å². The first kappa shape index (κ1) is 15.9. The second-order valence-electron chi connectivity index (χ2n) is 5.25. The van der Waals surface area contributed by atoms with Crippen LogP contribution in [0.1, 0.15) is 23.8 Å². The van der Waals surface area contributed by atoms with E-state index in [4.69, 9.17) is 5.73 Å². The molecule has 1 aromatic rings. The molecule has 1 aromatic heterocycles. The molecule has 2 atom stereocenters. The molecule has 2 unspecified atom stereocenters. The highest BCUT2D eigenvalue weighted by Crippen LogP contribution is 2.37. The molecule has 3 nitrogen and oxygen atoms in total. The third-order valence-corrected chi connectivity index (χ3v) is 7.24. The van der Waals surface area contributed by atoms with Gasteiger partial charge in [0, 0.05) is 28.5 Å². The summed E-state index contributed by atoms with van der Waals surface area (Å²) in [5.41, 5.74) is 6.03. The van der Waals surface area contributed by atoms with Gasteiger partial charge in [0.15, 0.2) is 0 Å². The Bertz CT molecular complexity index is 405. The van der Waals surface area contributed by atoms with E-state index in [9.17, 15) is 0 Å². The van der Waals surface area contributed by atoms with Crippen molar-refractivity contribution < 1.29 is 0 Å². The van der Waals surface area contributed by atoms with Crippen LogP contribution in [-0.2, 0) is 0 Å². The molecule has 2 rings (SSSR count). The second kappa shape index (κ2) is 7.00. The maximum atomic E-state index is 6.03. The summed E-state index contributed by atoms with van der Waals surface area (Å²) in [6.45, 7) is 3.02. The Balaban J connectivity index is 2.12. The van der Waals surface area contributed by atoms with Gasteiger partial charge in [-0.2, -0.15) is 0 Å². The summed E-state index contributed by atoms with van der Waals surface area (Å²) in [4.78, 5) is 6.20. The summed E-state index contributed by atoms with van der Waals surface area (Å²) >= 11 is 8.91. The van der Waals surface area contributed by atoms with Crippen LogP contribution in [0.4, 0.5) is 0 Å². The van der Waals surface area contributed by atoms with Crippen LogP contribution < -0.4 is 5.73 Å². The largest absolute Gasteiger partial charge is 0.329 e. The third-order valence-electron chi connectivity index (χ3n) is 3.88. The Labute approximate surface area is 136 Å². The zero-order chi connectivity index (χ0) is 14.0. The number of rotatable bonds is 4. The molecule has 1 saturated heterocycles. The molecule has 0 saturated carbocycles. The number of thiophene rings is 1. The Kier molecular flexibility index (Phi) is 5.87. The van der Waals surface area contributed by atoms with Gasteiger partial charge >= 0.3 is 0 Å². The fraction of sp³-hybridized carbons (Fsp3) is 0.692. The van der Waals surface area contributed by atoms with Gasteiger partial charge in [-0.05, 0) is 71.4 Å². The van der Waals surface area contributed by atoms with Crippen molar-refractivity contribution in [3.8, 4) is 0 Å². The molecular weight excluding hydrogens is 390 g/mol. The first-order valence-corrected chi connectivity index (χ1v) is 8.98. The van der Waals surface area contributed by atoms with E-state index in [0.717, 1.165) is 14.8 Å². The fourth-order valence-corrected chi connectivity index (χ4v) is 4.99. The lowest BCUT2D eigenvalue weighted by Gasteiger charge is -2.39. The highest BCUT2D eigenvalue weighted by Gasteiger charge is 2.27. The number of piperidine rings is 1. The van der Waals surface area contributed by atoms with Crippen molar-refractivity contribution in [1.29, 1.82) is 0 Å². The van der Waals surface area contributed by atoms with Crippen LogP contribution in [0.5, 0.6) is 0 Å². The summed E-state index contributed by atoms with van der Waals surface area (Å²) < 4.78 is 2.27. The second-order valence-corrected chi connectivity index (χ2v) is 8.50. The summed E-state index contributed by atoms with van der Waals surface area (Å²) in [5, 5.41) is 0. The molecule has 6 heteroatoms. The summed E-state index contributed by atoms with van der Waals surface area (Å²) in [6.07, 6.45) is 2.55. The maximum Gasteiger partial charge on any atom is 0.0843 e. The van der Waals surface area contributed by atoms with E-state index in [-0.39, 0.29) is 0 Å². The standard InChI is InChI=1S/C13H21Br2N3S/c1-17-5-3-4-9(8-17)18(2)11(7-16)12-6-10(14)13(15)19-12/h6,9,11H,3-5,7-8,16H2,1-2H3. The molecule has 0 aromatic carbocycles. The summed E-state index contributed by atoms with van der Waals surface area (Å²) in [5.74, 6) is 0. The van der Waals surface area contributed by atoms with Crippen molar-refractivity contribution in [3.63, 3.8) is 0 Å². The zero-order valence-electron chi connectivity index (χ0n) is 11.4. The normalized spacial score (nSPS) is 22.9. The minimum absolute atomic E-state index is 0.309. The van der Waals surface area contributed by atoms with E-state index in [1.54, 1.807) is 11.3 Å². The summed E-state index contributed by atoms with van der Waals surface area (Å²) in [7, 11) is 4.42. The number of hydrogen-bond acceptors (Lipinski definition) is 4. The number of hydrogen-bond donors (Lipinski definition) is 1. The third kappa shape index (κ3) is 3.80. The fourth-order valence-electron chi connectivity index (χ4n) is 2.74. The number of likely N-dealkylation sites (tertiary alicyclic amines) is 1. The van der Waals surface area contributed by atoms with E-state index < -0.39 is 0 Å². The van der Waals surface area contributed by atoms with E-state index in [2.05, 4.69) is 61.8 Å². The van der Waals surface area contributed by atoms with Crippen LogP contribution in [0, 0.1) is 0 Å². The molecule has 2 N–H and O–H groups in total. The Morgan fingerprint density at radius 2 is 2.32 bits per heavy atom. The Morgan fingerprint density at radius 3 is 2.84 bits per heavy atom. The van der Waals surface area contributed by atoms with Crippen molar-refractivity contribution >= 4 is 43.2 Å². The highest BCUT2D eigenvalue weighted by molar-refractivity contribution is 9.13. The molecule has 2 heterocycles. The summed E-state index contributed by atoms with van der Waals surface area (Å²) in [6, 6.07) is 3.10. The van der Waals surface area contributed by atoms with Gasteiger partial charge in [-0.1, -0.05) is 0 Å². The minimum atomic E-state index is 0.309. The van der Waals surface area contributed by atoms with Gasteiger partial charge in [-0.3, -0.25) is 4.90 Å². The van der Waals surface area contributed by atoms with Crippen LogP contribution in [-0.4, -0.2) is 49.6 Å². The van der Waals surface area contributed by atoms with Crippen LogP contribution in [0.3, 0.4) is 0 Å². The highest BCUT2D eigenvalue weighted by atomic mass is 79.9. The predicted molar refractivity (Wildman–Crippen MR) is 89.8 cm³/mol. The smallest absolute Gasteiger partial charge is 0.0843 e. The molecule has 108 valence electrons. The van der Waals surface area contributed by atoms with E-state index in [0.29, 0.717) is 18.6 Å². The maximum absolute atomic E-state index is 6.03. The first-order chi connectivity index (χ1) is 9.02. The molecule has 0 radical (unpaired) electrons. The lowest BCUT2D eigenvalue weighted by Crippen LogP contribution is -2.47. The van der Waals surface area contributed by atoms with E-state index in [1.807, 2.05) is 0 Å². The van der Waals surface area contributed by atoms with Crippen molar-refractivity contribution in [2.75, 3.05) is 33.7 Å². The van der Waals surface area contributed by atoms with E-state index in [1.165, 1.54) is 24.3 Å². The van der Waals surface area contributed by atoms with Crippen molar-refractivity contribution in [3.05, 3.63) is 19.2 Å². The number of nitrogens with two attached hydrogens (primary N) is 1. The molecule has 0 aliphatic carbocycles. The quantitative estimate of drug-likeness (QED) is 0.826. The predicted octanol–water partition coefficient (Wildman–Crippen LogP) is 3.30. The van der Waals surface area contributed by atoms with Crippen LogP contribution in [0.15, 0.2) is 14.3 Å². The Hall–Kier alpha value is 0.540. The van der Waals surface area contributed by atoms with Crippen molar-refractivity contribution in [2.24, 2.45) is 5.73 Å². The lowest BCUT2D eigenvalue weighted by atomic mass is 10.0. The monoisotopic (exact) mass is 409 g/mol. The lowest BCUT2D eigenvalue weighted by molar-refractivity contribution is 0.102. The topological polar surface area (TPSA) is 32.5 Å². The zero-order valence-corrected chi connectivity index (χ0v) is 15.4. The number of nitrogens with zero attached hydrogens (tertiary/aromatic N) is 2. The van der Waals surface area contributed by atoms with Gasteiger partial charge in [0.1, 0.15) is 0 Å². The molecule has 1 aliphatic rings. The van der Waals surface area contributed by atoms with Crippen molar-refractivity contribution in [2.45, 2.75) is 24.9 Å². The van der Waals surface area contributed by atoms with Gasteiger partial charge in [0.2, 0.25) is 0 Å². The Morgan fingerprint density at radius 1 is 1.58 bits per heavy atom. The molecule has 0 spiro atoms. The van der Waals surface area contributed by atoms with Crippen LogP contribution in [0.25, 0.3) is 0 Å². The number of likely N-dealkylation sites (N-methyl/N-ethyl adjacent to an activating group) is 2. The molecule has 0 amide bonds. The van der Waals surface area contributed by atoms with Gasteiger partial charge in [0.25, 0.3) is 0 Å². The molecule has 1 aliphatic heterocycles. The van der Waals surface area contributed by atoms with Gasteiger partial charge in [-0.15, -0.1) is 11.3 Å². The molecular formula is C13H21Br2N3S. The first-order valence-electron chi connectivity index (χ1n) is 6.58. The van der Waals surface area contributed by atoms with Gasteiger partial charge < -0.3 is 10.6 Å². The van der Waals surface area contributed by atoms with Gasteiger partial charge in [0.05, 0.1) is 9.83 Å². The van der Waals surface area contributed by atoms with E-state index >= 15 is 0 Å². The minimum Gasteiger partial charge on any atom is -0.329 e. The SMILES string of the molecule is CN1CCCC(N(C)C(CN)c2cc(Br)c(Br)s2)C1. The van der Waals surface area contributed by atoms with Crippen molar-refractivity contribution in [1.82, 2.24) is 9.80 Å². The molecule has 19 heavy (non-hydrogen) atoms. The van der Waals surface area contributed by atoms with Gasteiger partial charge in [-0.25, -0.2) is 0 Å². The average Bonchev–Trinajstić information content (AvgIpc) is 2.70. The molecule has 0 bridgehead atoms. The number of halogens is 2. The average molecular weight is 411 g/mol. The van der Waals surface area contributed by atoms with Crippen LogP contribution >= 0.6 is 43.2 Å².